The fourth-order valence-electron chi connectivity index (χ4n) is 7.98. The number of phenols is 1. The zero-order chi connectivity index (χ0) is 34.3. The fourth-order valence-corrected chi connectivity index (χ4v) is 7.98. The summed E-state index contributed by atoms with van der Waals surface area (Å²) in [4.78, 5) is 80.2. The first-order valence-corrected chi connectivity index (χ1v) is 15.2. The molecule has 3 aromatic rings. The Morgan fingerprint density at radius 3 is 2.17 bits per heavy atom. The maximum atomic E-state index is 14.4. The number of hydrogen-bond acceptors (Lipinski definition) is 10. The van der Waals surface area contributed by atoms with Crippen LogP contribution in [0.5, 0.6) is 5.75 Å². The summed E-state index contributed by atoms with van der Waals surface area (Å²) < 4.78 is 0. The smallest absolute Gasteiger partial charge is 0.301 e. The third kappa shape index (κ3) is 4.30. The molecule has 0 spiro atoms. The van der Waals surface area contributed by atoms with Gasteiger partial charge in [0.15, 0.2) is 17.3 Å². The predicted molar refractivity (Wildman–Crippen MR) is 174 cm³/mol. The second kappa shape index (κ2) is 10.8. The van der Waals surface area contributed by atoms with E-state index < -0.39 is 56.7 Å². The number of benzene rings is 3. The van der Waals surface area contributed by atoms with Gasteiger partial charge in [-0.25, -0.2) is 4.90 Å². The maximum Gasteiger partial charge on any atom is 0.301 e. The van der Waals surface area contributed by atoms with Gasteiger partial charge in [0.1, 0.15) is 5.75 Å². The van der Waals surface area contributed by atoms with E-state index in [0.717, 1.165) is 17.0 Å². The van der Waals surface area contributed by atoms with E-state index in [1.165, 1.54) is 31.1 Å². The number of fused-ring (bicyclic) bond motifs is 4. The van der Waals surface area contributed by atoms with Crippen molar-refractivity contribution in [3.63, 3.8) is 0 Å². The lowest BCUT2D eigenvalue weighted by Gasteiger charge is -2.42. The Morgan fingerprint density at radius 2 is 1.54 bits per heavy atom. The average molecular weight is 649 g/mol. The minimum atomic E-state index is -1.00. The summed E-state index contributed by atoms with van der Waals surface area (Å²) in [5.74, 6) is -5.34. The molecule has 0 aromatic heterocycles. The van der Waals surface area contributed by atoms with Crippen molar-refractivity contribution in [1.29, 1.82) is 0 Å². The third-order valence-corrected chi connectivity index (χ3v) is 9.96. The number of ketones is 2. The molecule has 2 amide bonds. The van der Waals surface area contributed by atoms with E-state index in [-0.39, 0.29) is 52.7 Å². The average Bonchev–Trinajstić information content (AvgIpc) is 3.31. The molecule has 1 heterocycles. The summed E-state index contributed by atoms with van der Waals surface area (Å²) in [6.07, 6.45) is 3.22. The van der Waals surface area contributed by atoms with Crippen LogP contribution in [0.3, 0.4) is 0 Å². The molecule has 48 heavy (non-hydrogen) atoms. The van der Waals surface area contributed by atoms with Gasteiger partial charge in [-0.05, 0) is 48.8 Å². The van der Waals surface area contributed by atoms with Crippen LogP contribution in [0.1, 0.15) is 31.2 Å². The SMILES string of the molecule is CC1=CC(=O)C2=C(C1=O)C(c1ccc(O)c3ccccc13)C1=CCC3C(=O)N(c4cc([N+](=O)[O-])c(N(C)C)c([N+](=O)[O-])c4)C(=O)C3C1C2. The van der Waals surface area contributed by atoms with Crippen molar-refractivity contribution in [2.75, 3.05) is 23.9 Å². The molecule has 4 atom stereocenters. The van der Waals surface area contributed by atoms with Crippen LogP contribution in [0.4, 0.5) is 22.7 Å². The quantitative estimate of drug-likeness (QED) is 0.129. The van der Waals surface area contributed by atoms with Gasteiger partial charge >= 0.3 is 11.4 Å². The zero-order valence-corrected chi connectivity index (χ0v) is 26.0. The van der Waals surface area contributed by atoms with Crippen molar-refractivity contribution in [2.45, 2.75) is 25.7 Å². The summed E-state index contributed by atoms with van der Waals surface area (Å²) in [6, 6.07) is 12.3. The van der Waals surface area contributed by atoms with Gasteiger partial charge < -0.3 is 10.0 Å². The van der Waals surface area contributed by atoms with Gasteiger partial charge in [-0.1, -0.05) is 42.0 Å². The van der Waals surface area contributed by atoms with Crippen LogP contribution in [-0.2, 0) is 19.2 Å². The van der Waals surface area contributed by atoms with Crippen LogP contribution in [-0.4, -0.2) is 52.4 Å². The second-order valence-electron chi connectivity index (χ2n) is 12.7. The molecular weight excluding hydrogens is 620 g/mol. The molecule has 4 aliphatic rings. The van der Waals surface area contributed by atoms with Gasteiger partial charge in [0.25, 0.3) is 0 Å². The van der Waals surface area contributed by atoms with Crippen molar-refractivity contribution in [3.8, 4) is 5.75 Å². The number of allylic oxidation sites excluding steroid dienone is 6. The topological polar surface area (TPSA) is 181 Å². The van der Waals surface area contributed by atoms with E-state index >= 15 is 0 Å². The number of nitrogens with zero attached hydrogens (tertiary/aromatic N) is 4. The predicted octanol–water partition coefficient (Wildman–Crippen LogP) is 5.06. The largest absolute Gasteiger partial charge is 0.507 e. The number of aromatic hydroxyl groups is 1. The van der Waals surface area contributed by atoms with Crippen LogP contribution in [0, 0.1) is 38.0 Å². The van der Waals surface area contributed by atoms with Gasteiger partial charge in [0.05, 0.1) is 27.4 Å². The van der Waals surface area contributed by atoms with Crippen LogP contribution in [0.15, 0.2) is 83.0 Å². The zero-order valence-electron chi connectivity index (χ0n) is 26.0. The van der Waals surface area contributed by atoms with Crippen molar-refractivity contribution in [2.24, 2.45) is 17.8 Å². The number of carbonyl (C=O) groups excluding carboxylic acids is 4. The minimum Gasteiger partial charge on any atom is -0.507 e. The second-order valence-corrected chi connectivity index (χ2v) is 12.7. The first kappa shape index (κ1) is 30.7. The highest BCUT2D eigenvalue weighted by molar-refractivity contribution is 6.25. The van der Waals surface area contributed by atoms with E-state index in [9.17, 15) is 44.5 Å². The molecule has 3 aliphatic carbocycles. The Balaban J connectivity index is 1.39. The molecule has 3 aromatic carbocycles. The Kier molecular flexibility index (Phi) is 6.89. The van der Waals surface area contributed by atoms with Crippen molar-refractivity contribution in [1.82, 2.24) is 0 Å². The summed E-state index contributed by atoms with van der Waals surface area (Å²) in [7, 11) is 2.83. The Hall–Kier alpha value is -5.98. The molecule has 0 bridgehead atoms. The molecule has 13 nitrogen and oxygen atoms in total. The van der Waals surface area contributed by atoms with Crippen LogP contribution in [0.25, 0.3) is 10.8 Å². The summed E-state index contributed by atoms with van der Waals surface area (Å²) >= 11 is 0. The van der Waals surface area contributed by atoms with Gasteiger partial charge in [0, 0.05) is 54.3 Å². The van der Waals surface area contributed by atoms with E-state index in [2.05, 4.69) is 0 Å². The lowest BCUT2D eigenvalue weighted by atomic mass is 9.59. The van der Waals surface area contributed by atoms with Crippen molar-refractivity contribution >= 4 is 56.9 Å². The van der Waals surface area contributed by atoms with Gasteiger partial charge in [0.2, 0.25) is 11.8 Å². The molecule has 0 saturated carbocycles. The number of anilines is 2. The molecular formula is C35H28N4O9. The van der Waals surface area contributed by atoms with Crippen LogP contribution in [0.2, 0.25) is 0 Å². The lowest BCUT2D eigenvalue weighted by molar-refractivity contribution is -0.392. The summed E-state index contributed by atoms with van der Waals surface area (Å²) in [5.41, 5.74) is 0.314. The Bertz CT molecular complexity index is 2130. The normalized spacial score (nSPS) is 23.4. The van der Waals surface area contributed by atoms with Crippen molar-refractivity contribution < 1.29 is 34.1 Å². The molecule has 4 unspecified atom stereocenters. The monoisotopic (exact) mass is 648 g/mol. The van der Waals surface area contributed by atoms with E-state index in [1.54, 1.807) is 37.3 Å². The summed E-state index contributed by atoms with van der Waals surface area (Å²) in [5, 5.41) is 35.9. The summed E-state index contributed by atoms with van der Waals surface area (Å²) in [6.45, 7) is 1.57. The van der Waals surface area contributed by atoms with Gasteiger partial charge in [-0.15, -0.1) is 0 Å². The number of nitro benzene ring substituents is 2. The molecule has 1 saturated heterocycles. The van der Waals surface area contributed by atoms with Crippen LogP contribution >= 0.6 is 0 Å². The molecule has 242 valence electrons. The highest BCUT2D eigenvalue weighted by Crippen LogP contribution is 2.57. The lowest BCUT2D eigenvalue weighted by Crippen LogP contribution is -2.40. The molecule has 0 radical (unpaired) electrons. The van der Waals surface area contributed by atoms with E-state index in [4.69, 9.17) is 0 Å². The van der Waals surface area contributed by atoms with E-state index in [1.807, 2.05) is 6.08 Å². The number of phenolic OH excluding ortho intramolecular Hbond substituents is 1. The highest BCUT2D eigenvalue weighted by atomic mass is 16.6. The molecule has 1 fully saturated rings. The van der Waals surface area contributed by atoms with Gasteiger partial charge in [-0.3, -0.25) is 39.4 Å². The molecule has 1 aliphatic heterocycles. The third-order valence-electron chi connectivity index (χ3n) is 9.96. The first-order chi connectivity index (χ1) is 22.8. The number of carbonyl (C=O) groups is 4. The van der Waals surface area contributed by atoms with Crippen LogP contribution < -0.4 is 9.80 Å². The fraction of sp³-hybridized carbons (Fsp3) is 0.257. The standard InChI is InChI=1S/C35H28N4O9/c1-16-12-28(41)24-15-23-21(29(31(24)33(16)42)20-10-11-27(40)19-7-5-4-6-18(19)20)8-9-22-30(23)35(44)37(34(22)43)17-13-25(38(45)46)32(36(2)3)26(14-17)39(47)48/h4-8,10-14,22-23,29-30,40H,9,15H2,1-3H3. The molecule has 13 heteroatoms. The number of rotatable bonds is 5. The minimum absolute atomic E-state index is 0.00985. The Labute approximate surface area is 272 Å². The number of nitro groups is 2. The molecule has 1 N–H and O–H groups in total. The number of Topliss-reactive ketones (excluding diaryl/α,β-unsaturated/α-hetero) is 1. The number of amides is 2. The first-order valence-electron chi connectivity index (χ1n) is 15.2. The number of hydrogen-bond donors (Lipinski definition) is 1. The number of imide groups is 1. The molecule has 7 rings (SSSR count). The Morgan fingerprint density at radius 1 is 0.896 bits per heavy atom. The van der Waals surface area contributed by atoms with Gasteiger partial charge in [-0.2, -0.15) is 0 Å². The van der Waals surface area contributed by atoms with E-state index in [0.29, 0.717) is 27.5 Å². The van der Waals surface area contributed by atoms with Crippen molar-refractivity contribution in [3.05, 3.63) is 109 Å². The maximum absolute atomic E-state index is 14.4. The highest BCUT2D eigenvalue weighted by Gasteiger charge is 2.57.